The van der Waals surface area contributed by atoms with E-state index in [1.54, 1.807) is 6.07 Å². The average Bonchev–Trinajstić information content (AvgIpc) is 2.25. The molecule has 8 heteroatoms. The molecule has 19 heavy (non-hydrogen) atoms. The molecule has 0 saturated carbocycles. The number of hydrogen-bond acceptors (Lipinski definition) is 4. The van der Waals surface area contributed by atoms with Crippen molar-refractivity contribution in [3.63, 3.8) is 0 Å². The number of nitrogens with zero attached hydrogens (tertiary/aromatic N) is 1. The Kier molecular flexibility index (Phi) is 4.78. The Labute approximate surface area is 114 Å². The van der Waals surface area contributed by atoms with Gasteiger partial charge in [-0.15, -0.1) is 13.2 Å². The van der Waals surface area contributed by atoms with Gasteiger partial charge in [0.1, 0.15) is 17.4 Å². The zero-order chi connectivity index (χ0) is 14.6. The highest BCUT2D eigenvalue weighted by molar-refractivity contribution is 9.10. The van der Waals surface area contributed by atoms with Crippen LogP contribution in [0.4, 0.5) is 13.2 Å². The number of ether oxygens (including phenoxy) is 2. The standard InChI is InChI=1S/C11H7BrF3NO3/c1-2-18-10(17)9-6(5-16)3-7(12)4-8(9)19-11(13,14)15/h3-4H,2H2,1H3. The minimum absolute atomic E-state index is 0.0365. The summed E-state index contributed by atoms with van der Waals surface area (Å²) in [6, 6.07) is 3.77. The molecule has 0 bridgehead atoms. The highest BCUT2D eigenvalue weighted by Crippen LogP contribution is 2.32. The third-order valence-corrected chi connectivity index (χ3v) is 2.35. The van der Waals surface area contributed by atoms with Crippen LogP contribution in [0.1, 0.15) is 22.8 Å². The lowest BCUT2D eigenvalue weighted by molar-refractivity contribution is -0.274. The number of rotatable bonds is 3. The minimum Gasteiger partial charge on any atom is -0.462 e. The Morgan fingerprint density at radius 2 is 2.11 bits per heavy atom. The normalized spacial score (nSPS) is 10.7. The highest BCUT2D eigenvalue weighted by atomic mass is 79.9. The molecule has 0 saturated heterocycles. The van der Waals surface area contributed by atoms with Crippen LogP contribution < -0.4 is 4.74 Å². The van der Waals surface area contributed by atoms with E-state index < -0.39 is 23.6 Å². The molecule has 0 radical (unpaired) electrons. The van der Waals surface area contributed by atoms with Crippen molar-refractivity contribution in [1.82, 2.24) is 0 Å². The van der Waals surface area contributed by atoms with E-state index in [1.807, 2.05) is 0 Å². The molecule has 0 heterocycles. The SMILES string of the molecule is CCOC(=O)c1c(C#N)cc(Br)cc1OC(F)(F)F. The van der Waals surface area contributed by atoms with Crippen LogP contribution in [-0.2, 0) is 4.74 Å². The van der Waals surface area contributed by atoms with E-state index >= 15 is 0 Å². The molecular weight excluding hydrogens is 331 g/mol. The fraction of sp³-hybridized carbons (Fsp3) is 0.273. The molecule has 1 aromatic carbocycles. The van der Waals surface area contributed by atoms with Gasteiger partial charge in [0.25, 0.3) is 0 Å². The van der Waals surface area contributed by atoms with Gasteiger partial charge in [-0.3, -0.25) is 0 Å². The molecule has 4 nitrogen and oxygen atoms in total. The molecule has 1 rings (SSSR count). The molecule has 0 unspecified atom stereocenters. The number of nitriles is 1. The van der Waals surface area contributed by atoms with Crippen LogP contribution in [0.2, 0.25) is 0 Å². The number of halogens is 4. The maximum absolute atomic E-state index is 12.3. The zero-order valence-corrected chi connectivity index (χ0v) is 11.1. The largest absolute Gasteiger partial charge is 0.573 e. The first-order chi connectivity index (χ1) is 8.78. The predicted octanol–water partition coefficient (Wildman–Crippen LogP) is 3.40. The van der Waals surface area contributed by atoms with E-state index in [1.165, 1.54) is 13.0 Å². The van der Waals surface area contributed by atoms with Crippen LogP contribution in [0.15, 0.2) is 16.6 Å². The Hall–Kier alpha value is -1.75. The lowest BCUT2D eigenvalue weighted by Gasteiger charge is -2.14. The molecule has 0 aliphatic carbocycles. The zero-order valence-electron chi connectivity index (χ0n) is 9.55. The van der Waals surface area contributed by atoms with E-state index in [9.17, 15) is 18.0 Å². The van der Waals surface area contributed by atoms with E-state index in [0.29, 0.717) is 0 Å². The van der Waals surface area contributed by atoms with Gasteiger partial charge in [0.15, 0.2) is 0 Å². The van der Waals surface area contributed by atoms with Gasteiger partial charge in [-0.05, 0) is 19.1 Å². The Bertz CT molecular complexity index is 537. The maximum Gasteiger partial charge on any atom is 0.573 e. The number of benzene rings is 1. The van der Waals surface area contributed by atoms with E-state index in [4.69, 9.17) is 5.26 Å². The Morgan fingerprint density at radius 1 is 1.47 bits per heavy atom. The summed E-state index contributed by atoms with van der Waals surface area (Å²) in [6.45, 7) is 1.46. The minimum atomic E-state index is -4.98. The molecule has 0 amide bonds. The molecule has 102 valence electrons. The van der Waals surface area contributed by atoms with Crippen molar-refractivity contribution >= 4 is 21.9 Å². The molecule has 0 aliphatic rings. The van der Waals surface area contributed by atoms with Crippen molar-refractivity contribution in [2.75, 3.05) is 6.61 Å². The molecule has 0 aromatic heterocycles. The van der Waals surface area contributed by atoms with Gasteiger partial charge in [-0.1, -0.05) is 15.9 Å². The van der Waals surface area contributed by atoms with Gasteiger partial charge in [0.2, 0.25) is 0 Å². The van der Waals surface area contributed by atoms with Crippen molar-refractivity contribution in [1.29, 1.82) is 5.26 Å². The third-order valence-electron chi connectivity index (χ3n) is 1.89. The van der Waals surface area contributed by atoms with Crippen molar-refractivity contribution < 1.29 is 27.4 Å². The summed E-state index contributed by atoms with van der Waals surface area (Å²) in [6.07, 6.45) is -4.98. The number of carbonyl (C=O) groups is 1. The van der Waals surface area contributed by atoms with Gasteiger partial charge >= 0.3 is 12.3 Å². The van der Waals surface area contributed by atoms with Gasteiger partial charge in [0, 0.05) is 4.47 Å². The lowest BCUT2D eigenvalue weighted by atomic mass is 10.1. The van der Waals surface area contributed by atoms with Crippen molar-refractivity contribution in [2.45, 2.75) is 13.3 Å². The first kappa shape index (κ1) is 15.3. The summed E-state index contributed by atoms with van der Waals surface area (Å²) in [5.74, 6) is -1.83. The molecule has 0 spiro atoms. The van der Waals surface area contributed by atoms with Crippen LogP contribution in [0.25, 0.3) is 0 Å². The van der Waals surface area contributed by atoms with Gasteiger partial charge in [-0.2, -0.15) is 5.26 Å². The maximum atomic E-state index is 12.3. The van der Waals surface area contributed by atoms with Crippen molar-refractivity contribution in [3.8, 4) is 11.8 Å². The molecule has 0 fully saturated rings. The van der Waals surface area contributed by atoms with Crippen LogP contribution in [0.5, 0.6) is 5.75 Å². The van der Waals surface area contributed by atoms with E-state index in [2.05, 4.69) is 25.4 Å². The summed E-state index contributed by atoms with van der Waals surface area (Å²) in [7, 11) is 0. The average molecular weight is 338 g/mol. The molecule has 0 atom stereocenters. The predicted molar refractivity (Wildman–Crippen MR) is 61.5 cm³/mol. The topological polar surface area (TPSA) is 59.3 Å². The van der Waals surface area contributed by atoms with Crippen molar-refractivity contribution in [3.05, 3.63) is 27.7 Å². The monoisotopic (exact) mass is 337 g/mol. The second kappa shape index (κ2) is 5.93. The Morgan fingerprint density at radius 3 is 2.58 bits per heavy atom. The number of alkyl halides is 3. The molecule has 1 aromatic rings. The van der Waals surface area contributed by atoms with Crippen LogP contribution in [-0.4, -0.2) is 18.9 Å². The Balaban J connectivity index is 3.38. The van der Waals surface area contributed by atoms with Crippen LogP contribution in [0, 0.1) is 11.3 Å². The van der Waals surface area contributed by atoms with Crippen LogP contribution in [0.3, 0.4) is 0 Å². The van der Waals surface area contributed by atoms with Crippen LogP contribution >= 0.6 is 15.9 Å². The first-order valence-corrected chi connectivity index (χ1v) is 5.74. The number of esters is 1. The van der Waals surface area contributed by atoms with Gasteiger partial charge in [0.05, 0.1) is 12.2 Å². The second-order valence-electron chi connectivity index (χ2n) is 3.21. The molecular formula is C11H7BrF3NO3. The molecule has 0 N–H and O–H groups in total. The fourth-order valence-electron chi connectivity index (χ4n) is 1.29. The summed E-state index contributed by atoms with van der Waals surface area (Å²) < 4.78 is 45.3. The fourth-order valence-corrected chi connectivity index (χ4v) is 1.73. The van der Waals surface area contributed by atoms with Crippen molar-refractivity contribution in [2.24, 2.45) is 0 Å². The van der Waals surface area contributed by atoms with Gasteiger partial charge in [-0.25, -0.2) is 4.79 Å². The van der Waals surface area contributed by atoms with E-state index in [0.717, 1.165) is 6.07 Å². The quantitative estimate of drug-likeness (QED) is 0.793. The summed E-state index contributed by atoms with van der Waals surface area (Å²) in [5.41, 5.74) is -0.822. The number of hydrogen-bond donors (Lipinski definition) is 0. The van der Waals surface area contributed by atoms with E-state index in [-0.39, 0.29) is 16.6 Å². The highest BCUT2D eigenvalue weighted by Gasteiger charge is 2.34. The second-order valence-corrected chi connectivity index (χ2v) is 4.12. The molecule has 0 aliphatic heterocycles. The number of carbonyl (C=O) groups excluding carboxylic acids is 1. The van der Waals surface area contributed by atoms with Gasteiger partial charge < -0.3 is 9.47 Å². The summed E-state index contributed by atoms with van der Waals surface area (Å²) in [5, 5.41) is 8.87. The first-order valence-electron chi connectivity index (χ1n) is 4.95. The summed E-state index contributed by atoms with van der Waals surface area (Å²) in [4.78, 5) is 11.6. The smallest absolute Gasteiger partial charge is 0.462 e. The summed E-state index contributed by atoms with van der Waals surface area (Å²) >= 11 is 2.93. The third kappa shape index (κ3) is 4.13. The lowest BCUT2D eigenvalue weighted by Crippen LogP contribution is -2.20.